The number of hydrogen-bond donors (Lipinski definition) is 2. The Morgan fingerprint density at radius 1 is 1.29 bits per heavy atom. The molecular weight excluding hydrogens is 296 g/mol. The number of rotatable bonds is 6. The van der Waals surface area contributed by atoms with Crippen molar-refractivity contribution >= 4 is 27.5 Å². The van der Waals surface area contributed by atoms with Crippen LogP contribution in [-0.4, -0.2) is 32.9 Å². The maximum absolute atomic E-state index is 11.9. The Kier molecular flexibility index (Phi) is 5.92. The van der Waals surface area contributed by atoms with Crippen LogP contribution in [-0.2, 0) is 19.4 Å². The minimum absolute atomic E-state index is 0.0290. The molecule has 0 radical (unpaired) electrons. The fourth-order valence-electron chi connectivity index (χ4n) is 1.35. The molecule has 1 aromatic rings. The number of carbonyl (C=O) groups excluding carboxylic acids is 2. The van der Waals surface area contributed by atoms with Crippen molar-refractivity contribution in [1.29, 1.82) is 0 Å². The fraction of sp³-hybridized carbons (Fsp3) is 0.231. The maximum Gasteiger partial charge on any atom is 0.411 e. The smallest absolute Gasteiger partial charge is 0.411 e. The highest BCUT2D eigenvalue weighted by molar-refractivity contribution is 7.91. The first-order valence-corrected chi connectivity index (χ1v) is 7.71. The van der Waals surface area contributed by atoms with E-state index in [2.05, 4.69) is 17.2 Å². The lowest BCUT2D eigenvalue weighted by atomic mass is 10.3. The molecule has 2 amide bonds. The van der Waals surface area contributed by atoms with E-state index in [-0.39, 0.29) is 11.5 Å². The third-order valence-electron chi connectivity index (χ3n) is 2.36. The summed E-state index contributed by atoms with van der Waals surface area (Å²) >= 11 is 0. The van der Waals surface area contributed by atoms with Crippen LogP contribution in [0.2, 0.25) is 0 Å². The topological polar surface area (TPSA) is 102 Å². The third-order valence-corrected chi connectivity index (χ3v) is 3.87. The first-order chi connectivity index (χ1) is 9.89. The molecule has 0 spiro atoms. The molecule has 8 heteroatoms. The molecule has 0 aliphatic carbocycles. The number of carbonyl (C=O) groups is 2. The van der Waals surface area contributed by atoms with Crippen molar-refractivity contribution in [3.63, 3.8) is 0 Å². The summed E-state index contributed by atoms with van der Waals surface area (Å²) in [6, 6.07) is 5.52. The molecule has 0 saturated heterocycles. The van der Waals surface area contributed by atoms with Crippen molar-refractivity contribution in [3.05, 3.63) is 36.9 Å². The standard InChI is InChI=1S/C13H16N2O5S/c1-3-12(16)14-9-21(18,19)11-7-5-10(6-8-11)15-13(17)20-4-2/h3,5-8H,1,4,9H2,2H3,(H,14,16)(H,15,17). The number of hydrogen-bond acceptors (Lipinski definition) is 5. The molecule has 0 aliphatic rings. The largest absolute Gasteiger partial charge is 0.450 e. The lowest BCUT2D eigenvalue weighted by molar-refractivity contribution is -0.116. The van der Waals surface area contributed by atoms with E-state index in [4.69, 9.17) is 4.74 Å². The Morgan fingerprint density at radius 2 is 1.90 bits per heavy atom. The SMILES string of the molecule is C=CC(=O)NCS(=O)(=O)c1ccc(NC(=O)OCC)cc1. The highest BCUT2D eigenvalue weighted by Gasteiger charge is 2.15. The van der Waals surface area contributed by atoms with Gasteiger partial charge in [-0.3, -0.25) is 10.1 Å². The average Bonchev–Trinajstić information content (AvgIpc) is 2.45. The third kappa shape index (κ3) is 5.27. The monoisotopic (exact) mass is 312 g/mol. The van der Waals surface area contributed by atoms with E-state index in [0.29, 0.717) is 5.69 Å². The van der Waals surface area contributed by atoms with Gasteiger partial charge >= 0.3 is 6.09 Å². The van der Waals surface area contributed by atoms with E-state index in [1.165, 1.54) is 24.3 Å². The van der Waals surface area contributed by atoms with Gasteiger partial charge in [0.25, 0.3) is 0 Å². The van der Waals surface area contributed by atoms with Crippen molar-refractivity contribution in [3.8, 4) is 0 Å². The number of sulfone groups is 1. The van der Waals surface area contributed by atoms with Crippen molar-refractivity contribution < 1.29 is 22.7 Å². The second-order valence-corrected chi connectivity index (χ2v) is 5.86. The highest BCUT2D eigenvalue weighted by Crippen LogP contribution is 2.15. The number of nitrogens with one attached hydrogen (secondary N) is 2. The molecule has 0 saturated carbocycles. The Bertz CT molecular complexity index is 622. The second-order valence-electron chi connectivity index (χ2n) is 3.87. The van der Waals surface area contributed by atoms with Crippen molar-refractivity contribution in [2.24, 2.45) is 0 Å². The molecule has 1 aromatic carbocycles. The first-order valence-electron chi connectivity index (χ1n) is 6.06. The lowest BCUT2D eigenvalue weighted by Crippen LogP contribution is -2.27. The van der Waals surface area contributed by atoms with Crippen LogP contribution in [0.5, 0.6) is 0 Å². The average molecular weight is 312 g/mol. The molecule has 0 fully saturated rings. The van der Waals surface area contributed by atoms with E-state index in [1.54, 1.807) is 6.92 Å². The summed E-state index contributed by atoms with van der Waals surface area (Å²) in [6.45, 7) is 5.14. The maximum atomic E-state index is 11.9. The Morgan fingerprint density at radius 3 is 2.43 bits per heavy atom. The van der Waals surface area contributed by atoms with E-state index in [9.17, 15) is 18.0 Å². The molecular formula is C13H16N2O5S. The van der Waals surface area contributed by atoms with Gasteiger partial charge in [0.05, 0.1) is 11.5 Å². The summed E-state index contributed by atoms with van der Waals surface area (Å²) < 4.78 is 28.6. The van der Waals surface area contributed by atoms with Crippen molar-refractivity contribution in [2.45, 2.75) is 11.8 Å². The normalized spacial score (nSPS) is 10.5. The van der Waals surface area contributed by atoms with Gasteiger partial charge in [0.1, 0.15) is 5.88 Å². The van der Waals surface area contributed by atoms with Crippen LogP contribution in [0.25, 0.3) is 0 Å². The summed E-state index contributed by atoms with van der Waals surface area (Å²) in [5.41, 5.74) is 0.405. The summed E-state index contributed by atoms with van der Waals surface area (Å²) in [5.74, 6) is -1.10. The molecule has 7 nitrogen and oxygen atoms in total. The van der Waals surface area contributed by atoms with Gasteiger partial charge in [-0.05, 0) is 37.3 Å². The van der Waals surface area contributed by atoms with Crippen LogP contribution in [0.3, 0.4) is 0 Å². The zero-order chi connectivity index (χ0) is 15.9. The van der Waals surface area contributed by atoms with E-state index < -0.39 is 27.7 Å². The predicted molar refractivity (Wildman–Crippen MR) is 77.5 cm³/mol. The van der Waals surface area contributed by atoms with Crippen LogP contribution in [0.4, 0.5) is 10.5 Å². The summed E-state index contributed by atoms with van der Waals surface area (Å²) in [7, 11) is -3.64. The van der Waals surface area contributed by atoms with Gasteiger partial charge in [0.15, 0.2) is 9.84 Å². The molecule has 0 atom stereocenters. The van der Waals surface area contributed by atoms with Gasteiger partial charge in [-0.25, -0.2) is 13.2 Å². The Balaban J connectivity index is 2.74. The van der Waals surface area contributed by atoms with Crippen LogP contribution in [0.1, 0.15) is 6.92 Å². The number of amides is 2. The van der Waals surface area contributed by atoms with Crippen molar-refractivity contribution in [1.82, 2.24) is 5.32 Å². The van der Waals surface area contributed by atoms with Crippen LogP contribution < -0.4 is 10.6 Å². The minimum atomic E-state index is -3.64. The second kappa shape index (κ2) is 7.44. The van der Waals surface area contributed by atoms with Gasteiger partial charge in [-0.2, -0.15) is 0 Å². The minimum Gasteiger partial charge on any atom is -0.450 e. The van der Waals surface area contributed by atoms with Crippen LogP contribution >= 0.6 is 0 Å². The van der Waals surface area contributed by atoms with E-state index in [0.717, 1.165) is 6.08 Å². The van der Waals surface area contributed by atoms with Gasteiger partial charge in [0.2, 0.25) is 5.91 Å². The van der Waals surface area contributed by atoms with Crippen LogP contribution in [0.15, 0.2) is 41.8 Å². The molecule has 0 aliphatic heterocycles. The van der Waals surface area contributed by atoms with E-state index in [1.807, 2.05) is 0 Å². The summed E-state index contributed by atoms with van der Waals surface area (Å²) in [6.07, 6.45) is 0.369. The van der Waals surface area contributed by atoms with Gasteiger partial charge in [-0.1, -0.05) is 6.58 Å². The fourth-order valence-corrected chi connectivity index (χ4v) is 2.40. The zero-order valence-corrected chi connectivity index (χ0v) is 12.3. The molecule has 21 heavy (non-hydrogen) atoms. The van der Waals surface area contributed by atoms with Gasteiger partial charge < -0.3 is 10.1 Å². The quantitative estimate of drug-likeness (QED) is 0.771. The Labute approximate surface area is 122 Å². The number of benzene rings is 1. The molecule has 0 heterocycles. The molecule has 0 aromatic heterocycles. The van der Waals surface area contributed by atoms with Gasteiger partial charge in [-0.15, -0.1) is 0 Å². The van der Waals surface area contributed by atoms with Crippen LogP contribution in [0, 0.1) is 0 Å². The first kappa shape index (κ1) is 16.7. The van der Waals surface area contributed by atoms with E-state index >= 15 is 0 Å². The number of ether oxygens (including phenoxy) is 1. The molecule has 114 valence electrons. The predicted octanol–water partition coefficient (Wildman–Crippen LogP) is 1.29. The van der Waals surface area contributed by atoms with Gasteiger partial charge in [0, 0.05) is 5.69 Å². The lowest BCUT2D eigenvalue weighted by Gasteiger charge is -2.07. The molecule has 2 N–H and O–H groups in total. The molecule has 0 bridgehead atoms. The van der Waals surface area contributed by atoms with Crippen molar-refractivity contribution in [2.75, 3.05) is 17.8 Å². The highest BCUT2D eigenvalue weighted by atomic mass is 32.2. The number of anilines is 1. The molecule has 1 rings (SSSR count). The summed E-state index contributed by atoms with van der Waals surface area (Å²) in [4.78, 5) is 22.2. The molecule has 0 unspecified atom stereocenters. The zero-order valence-electron chi connectivity index (χ0n) is 11.5. The summed E-state index contributed by atoms with van der Waals surface area (Å²) in [5, 5.41) is 4.64. The Hall–Kier alpha value is -2.35.